The Hall–Kier alpha value is -0.0800. The van der Waals surface area contributed by atoms with Crippen molar-refractivity contribution in [1.82, 2.24) is 10.6 Å². The molecule has 2 atom stereocenters. The van der Waals surface area contributed by atoms with Crippen molar-refractivity contribution >= 4 is 0 Å². The highest BCUT2D eigenvalue weighted by molar-refractivity contribution is 4.77. The van der Waals surface area contributed by atoms with Crippen LogP contribution in [0.4, 0.5) is 0 Å². The van der Waals surface area contributed by atoms with Gasteiger partial charge in [0.2, 0.25) is 0 Å². The molecule has 0 aromatic carbocycles. The van der Waals surface area contributed by atoms with Gasteiger partial charge in [-0.1, -0.05) is 20.8 Å². The van der Waals surface area contributed by atoms with E-state index in [1.807, 2.05) is 0 Å². The van der Waals surface area contributed by atoms with E-state index in [2.05, 4.69) is 31.4 Å². The molecule has 13 heavy (non-hydrogen) atoms. The fraction of sp³-hybridized carbons (Fsp3) is 1.00. The van der Waals surface area contributed by atoms with E-state index < -0.39 is 0 Å². The van der Waals surface area contributed by atoms with Crippen molar-refractivity contribution < 1.29 is 0 Å². The topological polar surface area (TPSA) is 24.1 Å². The van der Waals surface area contributed by atoms with E-state index in [1.54, 1.807) is 0 Å². The Balaban J connectivity index is 2.06. The van der Waals surface area contributed by atoms with Crippen LogP contribution in [0.25, 0.3) is 0 Å². The molecule has 78 valence electrons. The maximum Gasteiger partial charge on any atom is 0.0195 e. The van der Waals surface area contributed by atoms with Crippen LogP contribution in [0.1, 0.15) is 33.6 Å². The van der Waals surface area contributed by atoms with Crippen LogP contribution in [0.5, 0.6) is 0 Å². The van der Waals surface area contributed by atoms with Gasteiger partial charge in [0.05, 0.1) is 0 Å². The van der Waals surface area contributed by atoms with Crippen molar-refractivity contribution in [2.75, 3.05) is 19.6 Å². The minimum Gasteiger partial charge on any atom is -0.315 e. The molecule has 0 aromatic rings. The van der Waals surface area contributed by atoms with Gasteiger partial charge in [0.25, 0.3) is 0 Å². The third-order valence-corrected chi connectivity index (χ3v) is 2.70. The van der Waals surface area contributed by atoms with Gasteiger partial charge >= 0.3 is 0 Å². The molecule has 2 N–H and O–H groups in total. The van der Waals surface area contributed by atoms with Crippen molar-refractivity contribution in [3.63, 3.8) is 0 Å². The molecule has 2 unspecified atom stereocenters. The summed E-state index contributed by atoms with van der Waals surface area (Å²) in [6, 6.07) is 0.711. The third kappa shape index (κ3) is 4.63. The second-order valence-corrected chi connectivity index (χ2v) is 4.83. The summed E-state index contributed by atoms with van der Waals surface area (Å²) in [4.78, 5) is 0. The van der Waals surface area contributed by atoms with E-state index in [0.29, 0.717) is 6.04 Å². The molecule has 0 radical (unpaired) electrons. The molecule has 1 aliphatic rings. The van der Waals surface area contributed by atoms with Crippen molar-refractivity contribution in [3.05, 3.63) is 0 Å². The molecule has 0 aromatic heterocycles. The summed E-state index contributed by atoms with van der Waals surface area (Å²) in [7, 11) is 0. The van der Waals surface area contributed by atoms with E-state index in [-0.39, 0.29) is 0 Å². The minimum atomic E-state index is 0.711. The lowest BCUT2D eigenvalue weighted by Crippen LogP contribution is -2.44. The standard InChI is InChI=1S/C11H24N2/c1-9(2)7-12-8-11-6-10(3)4-5-13-11/h9-13H,4-8H2,1-3H3. The highest BCUT2D eigenvalue weighted by Gasteiger charge is 2.17. The summed E-state index contributed by atoms with van der Waals surface area (Å²) in [5.74, 6) is 1.67. The quantitative estimate of drug-likeness (QED) is 0.694. The lowest BCUT2D eigenvalue weighted by atomic mass is 9.94. The molecule has 0 amide bonds. The Morgan fingerprint density at radius 1 is 1.46 bits per heavy atom. The van der Waals surface area contributed by atoms with Gasteiger partial charge in [-0.25, -0.2) is 0 Å². The van der Waals surface area contributed by atoms with Gasteiger partial charge in [0, 0.05) is 12.6 Å². The van der Waals surface area contributed by atoms with Gasteiger partial charge in [-0.3, -0.25) is 0 Å². The summed E-state index contributed by atoms with van der Waals surface area (Å²) >= 11 is 0. The molecule has 2 nitrogen and oxygen atoms in total. The van der Waals surface area contributed by atoms with Crippen LogP contribution in [0, 0.1) is 11.8 Å². The van der Waals surface area contributed by atoms with Crippen molar-refractivity contribution in [2.24, 2.45) is 11.8 Å². The first kappa shape index (κ1) is 11.0. The lowest BCUT2D eigenvalue weighted by molar-refractivity contribution is 0.308. The minimum absolute atomic E-state index is 0.711. The zero-order chi connectivity index (χ0) is 9.68. The molecule has 1 rings (SSSR count). The van der Waals surface area contributed by atoms with Crippen molar-refractivity contribution in [1.29, 1.82) is 0 Å². The summed E-state index contributed by atoms with van der Waals surface area (Å²) in [5, 5.41) is 7.07. The molecular formula is C11H24N2. The Morgan fingerprint density at radius 2 is 2.23 bits per heavy atom. The maximum atomic E-state index is 3.56. The average Bonchev–Trinajstić information content (AvgIpc) is 2.03. The molecule has 2 heteroatoms. The van der Waals surface area contributed by atoms with E-state index in [1.165, 1.54) is 19.4 Å². The smallest absolute Gasteiger partial charge is 0.0195 e. The van der Waals surface area contributed by atoms with Gasteiger partial charge in [0.1, 0.15) is 0 Å². The summed E-state index contributed by atoms with van der Waals surface area (Å²) < 4.78 is 0. The third-order valence-electron chi connectivity index (χ3n) is 2.70. The van der Waals surface area contributed by atoms with E-state index in [0.717, 1.165) is 24.9 Å². The van der Waals surface area contributed by atoms with Crippen molar-refractivity contribution in [2.45, 2.75) is 39.7 Å². The first-order chi connectivity index (χ1) is 6.18. The Bertz CT molecular complexity index is 134. The second-order valence-electron chi connectivity index (χ2n) is 4.83. The first-order valence-corrected chi connectivity index (χ1v) is 5.62. The van der Waals surface area contributed by atoms with E-state index in [9.17, 15) is 0 Å². The molecule has 0 saturated carbocycles. The number of hydrogen-bond donors (Lipinski definition) is 2. The van der Waals surface area contributed by atoms with Crippen LogP contribution < -0.4 is 10.6 Å². The van der Waals surface area contributed by atoms with Gasteiger partial charge in [-0.05, 0) is 37.8 Å². The van der Waals surface area contributed by atoms with Gasteiger partial charge in [0.15, 0.2) is 0 Å². The maximum absolute atomic E-state index is 3.56. The highest BCUT2D eigenvalue weighted by atomic mass is 15.0. The number of rotatable bonds is 4. The summed E-state index contributed by atoms with van der Waals surface area (Å²) in [5.41, 5.74) is 0. The van der Waals surface area contributed by atoms with Crippen LogP contribution >= 0.6 is 0 Å². The molecular weight excluding hydrogens is 160 g/mol. The van der Waals surface area contributed by atoms with Gasteiger partial charge < -0.3 is 10.6 Å². The summed E-state index contributed by atoms with van der Waals surface area (Å²) in [6.07, 6.45) is 2.69. The highest BCUT2D eigenvalue weighted by Crippen LogP contribution is 2.14. The predicted molar refractivity (Wildman–Crippen MR) is 57.9 cm³/mol. The number of hydrogen-bond acceptors (Lipinski definition) is 2. The molecule has 0 bridgehead atoms. The largest absolute Gasteiger partial charge is 0.315 e. The zero-order valence-electron chi connectivity index (χ0n) is 9.27. The van der Waals surface area contributed by atoms with Crippen molar-refractivity contribution in [3.8, 4) is 0 Å². The van der Waals surface area contributed by atoms with Crippen LogP contribution in [0.3, 0.4) is 0 Å². The normalized spacial score (nSPS) is 29.5. The zero-order valence-corrected chi connectivity index (χ0v) is 9.27. The Kier molecular flexibility index (Phi) is 4.74. The summed E-state index contributed by atoms with van der Waals surface area (Å²) in [6.45, 7) is 10.4. The average molecular weight is 184 g/mol. The predicted octanol–water partition coefficient (Wildman–Crippen LogP) is 1.62. The molecule has 1 aliphatic heterocycles. The van der Waals surface area contributed by atoms with Crippen LogP contribution in [0.15, 0.2) is 0 Å². The lowest BCUT2D eigenvalue weighted by Gasteiger charge is -2.28. The molecule has 1 fully saturated rings. The fourth-order valence-corrected chi connectivity index (χ4v) is 1.92. The first-order valence-electron chi connectivity index (χ1n) is 5.62. The number of nitrogens with one attached hydrogen (secondary N) is 2. The van der Waals surface area contributed by atoms with Crippen LogP contribution in [0.2, 0.25) is 0 Å². The van der Waals surface area contributed by atoms with E-state index in [4.69, 9.17) is 0 Å². The Labute approximate surface area is 82.5 Å². The van der Waals surface area contributed by atoms with Crippen LogP contribution in [-0.2, 0) is 0 Å². The van der Waals surface area contributed by atoms with Crippen LogP contribution in [-0.4, -0.2) is 25.7 Å². The Morgan fingerprint density at radius 3 is 2.85 bits per heavy atom. The molecule has 1 heterocycles. The molecule has 0 aliphatic carbocycles. The molecule has 1 saturated heterocycles. The number of piperidine rings is 1. The second kappa shape index (κ2) is 5.61. The SMILES string of the molecule is CC(C)CNCC1CC(C)CCN1. The monoisotopic (exact) mass is 184 g/mol. The fourth-order valence-electron chi connectivity index (χ4n) is 1.92. The van der Waals surface area contributed by atoms with E-state index >= 15 is 0 Å². The van der Waals surface area contributed by atoms with Gasteiger partial charge in [-0.15, -0.1) is 0 Å². The van der Waals surface area contributed by atoms with Gasteiger partial charge in [-0.2, -0.15) is 0 Å². The molecule has 0 spiro atoms.